The van der Waals surface area contributed by atoms with E-state index in [1.54, 1.807) is 0 Å². The van der Waals surface area contributed by atoms with Crippen molar-refractivity contribution in [3.8, 4) is 56.7 Å². The van der Waals surface area contributed by atoms with Crippen molar-refractivity contribution >= 4 is 87.5 Å². The molecule has 5 aromatic heterocycles. The molecule has 0 fully saturated rings. The third kappa shape index (κ3) is 5.85. The summed E-state index contributed by atoms with van der Waals surface area (Å²) in [6.07, 6.45) is 0. The molecule has 7 nitrogen and oxygen atoms in total. The summed E-state index contributed by atoms with van der Waals surface area (Å²) >= 11 is 0. The highest BCUT2D eigenvalue weighted by Gasteiger charge is 2.21. The van der Waals surface area contributed by atoms with Crippen LogP contribution in [0.15, 0.2) is 233 Å². The molecular formula is C63H37N5O2. The fourth-order valence-electron chi connectivity index (χ4n) is 10.8. The number of fused-ring (bicyclic) bond motifs is 12. The van der Waals surface area contributed by atoms with Gasteiger partial charge in [-0.05, 0) is 102 Å². The number of para-hydroxylation sites is 4. The monoisotopic (exact) mass is 895 g/mol. The molecule has 15 rings (SSSR count). The van der Waals surface area contributed by atoms with E-state index in [0.717, 1.165) is 83.0 Å². The lowest BCUT2D eigenvalue weighted by Gasteiger charge is -2.10. The van der Waals surface area contributed by atoms with Crippen LogP contribution in [-0.4, -0.2) is 24.1 Å². The largest absolute Gasteiger partial charge is 0.456 e. The van der Waals surface area contributed by atoms with E-state index in [2.05, 4.69) is 167 Å². The number of nitrogens with zero attached hydrogens (tertiary/aromatic N) is 5. The van der Waals surface area contributed by atoms with Crippen molar-refractivity contribution in [1.29, 1.82) is 0 Å². The van der Waals surface area contributed by atoms with Gasteiger partial charge in [0.2, 0.25) is 0 Å². The average molecular weight is 896 g/mol. The molecule has 10 aromatic carbocycles. The summed E-state index contributed by atoms with van der Waals surface area (Å²) in [5, 5.41) is 8.87. The van der Waals surface area contributed by atoms with E-state index < -0.39 is 0 Å². The quantitative estimate of drug-likeness (QED) is 0.166. The third-order valence-electron chi connectivity index (χ3n) is 14.0. The van der Waals surface area contributed by atoms with E-state index in [1.807, 2.05) is 66.7 Å². The van der Waals surface area contributed by atoms with Crippen LogP contribution in [0.3, 0.4) is 0 Å². The molecule has 70 heavy (non-hydrogen) atoms. The molecular weight excluding hydrogens is 859 g/mol. The highest BCUT2D eigenvalue weighted by Crippen LogP contribution is 2.42. The predicted octanol–water partition coefficient (Wildman–Crippen LogP) is 16.5. The van der Waals surface area contributed by atoms with Crippen molar-refractivity contribution in [2.24, 2.45) is 0 Å². The lowest BCUT2D eigenvalue weighted by Crippen LogP contribution is -2.00. The van der Waals surface area contributed by atoms with Gasteiger partial charge in [0.25, 0.3) is 0 Å². The molecule has 0 radical (unpaired) electrons. The second kappa shape index (κ2) is 15.0. The Kier molecular flexibility index (Phi) is 8.23. The van der Waals surface area contributed by atoms with Crippen LogP contribution in [0.2, 0.25) is 0 Å². The molecule has 5 heterocycles. The summed E-state index contributed by atoms with van der Waals surface area (Å²) in [5.41, 5.74) is 14.9. The molecule has 0 saturated carbocycles. The van der Waals surface area contributed by atoms with Crippen molar-refractivity contribution in [3.63, 3.8) is 0 Å². The zero-order chi connectivity index (χ0) is 45.9. The molecule has 0 atom stereocenters. The zero-order valence-corrected chi connectivity index (χ0v) is 37.4. The van der Waals surface area contributed by atoms with Crippen LogP contribution < -0.4 is 0 Å². The number of hydrogen-bond acceptors (Lipinski definition) is 5. The number of hydrogen-bond donors (Lipinski definition) is 0. The van der Waals surface area contributed by atoms with Gasteiger partial charge in [0.1, 0.15) is 22.3 Å². The minimum absolute atomic E-state index is 0.555. The first-order valence-corrected chi connectivity index (χ1v) is 23.5. The lowest BCUT2D eigenvalue weighted by molar-refractivity contribution is 0.668. The first kappa shape index (κ1) is 38.5. The van der Waals surface area contributed by atoms with Crippen LogP contribution in [0.5, 0.6) is 0 Å². The van der Waals surface area contributed by atoms with Gasteiger partial charge >= 0.3 is 0 Å². The second-order valence-corrected chi connectivity index (χ2v) is 17.9. The topological polar surface area (TPSA) is 74.8 Å². The number of benzene rings is 10. The van der Waals surface area contributed by atoms with Crippen LogP contribution in [0.1, 0.15) is 0 Å². The first-order valence-electron chi connectivity index (χ1n) is 23.5. The molecule has 0 aliphatic carbocycles. The Bertz CT molecular complexity index is 4600. The highest BCUT2D eigenvalue weighted by atomic mass is 16.3. The Morgan fingerprint density at radius 3 is 1.53 bits per heavy atom. The molecule has 7 heteroatoms. The van der Waals surface area contributed by atoms with Gasteiger partial charge in [-0.25, -0.2) is 15.0 Å². The summed E-state index contributed by atoms with van der Waals surface area (Å²) in [6, 6.07) is 78.7. The van der Waals surface area contributed by atoms with E-state index >= 15 is 0 Å². The Hall–Kier alpha value is -9.59. The van der Waals surface area contributed by atoms with Crippen LogP contribution >= 0.6 is 0 Å². The summed E-state index contributed by atoms with van der Waals surface area (Å²) < 4.78 is 17.7. The van der Waals surface area contributed by atoms with Gasteiger partial charge in [0, 0.05) is 71.2 Å². The maximum absolute atomic E-state index is 6.62. The number of aromatic nitrogens is 5. The normalized spacial score (nSPS) is 12.0. The number of rotatable bonds is 6. The van der Waals surface area contributed by atoms with Crippen LogP contribution in [-0.2, 0) is 0 Å². The Morgan fingerprint density at radius 1 is 0.271 bits per heavy atom. The molecule has 0 aliphatic heterocycles. The summed E-state index contributed by atoms with van der Waals surface area (Å²) in [5.74, 6) is 1.69. The summed E-state index contributed by atoms with van der Waals surface area (Å²) in [4.78, 5) is 15.5. The van der Waals surface area contributed by atoms with E-state index in [-0.39, 0.29) is 0 Å². The maximum atomic E-state index is 6.62. The molecule has 0 bridgehead atoms. The first-order chi connectivity index (χ1) is 34.7. The van der Waals surface area contributed by atoms with Crippen LogP contribution in [0, 0.1) is 0 Å². The van der Waals surface area contributed by atoms with Gasteiger partial charge in [-0.1, -0.05) is 133 Å². The molecule has 0 aliphatic rings. The smallest absolute Gasteiger partial charge is 0.164 e. The fraction of sp³-hybridized carbons (Fsp3) is 0. The van der Waals surface area contributed by atoms with Crippen molar-refractivity contribution in [2.45, 2.75) is 0 Å². The highest BCUT2D eigenvalue weighted by molar-refractivity contribution is 6.15. The number of furan rings is 2. The van der Waals surface area contributed by atoms with Crippen molar-refractivity contribution < 1.29 is 8.83 Å². The minimum atomic E-state index is 0.555. The Labute approximate surface area is 399 Å². The zero-order valence-electron chi connectivity index (χ0n) is 37.4. The van der Waals surface area contributed by atoms with Crippen molar-refractivity contribution in [1.82, 2.24) is 24.1 Å². The molecule has 15 aromatic rings. The summed E-state index contributed by atoms with van der Waals surface area (Å²) in [6.45, 7) is 0. The summed E-state index contributed by atoms with van der Waals surface area (Å²) in [7, 11) is 0. The molecule has 0 spiro atoms. The molecule has 0 amide bonds. The molecule has 326 valence electrons. The molecule has 0 saturated heterocycles. The molecule has 0 N–H and O–H groups in total. The van der Waals surface area contributed by atoms with Gasteiger partial charge in [0.05, 0.1) is 22.1 Å². The van der Waals surface area contributed by atoms with Crippen LogP contribution in [0.4, 0.5) is 0 Å². The third-order valence-corrected chi connectivity index (χ3v) is 14.0. The van der Waals surface area contributed by atoms with Gasteiger partial charge in [-0.3, -0.25) is 0 Å². The molecule has 0 unspecified atom stereocenters. The SMILES string of the molecule is c1ccc(-c2nc(-c3ccc4c(c3)oc3ccccc34)nc(-c3cccc4oc5ccc(-n6c7ccccc7c7cc(-c8ccc9c(c8)c8ccccc8n9-c8ccccc8)ccc76)cc5c34)n2)cc1. The average Bonchev–Trinajstić information content (AvgIpc) is 4.18. The minimum Gasteiger partial charge on any atom is -0.456 e. The Balaban J connectivity index is 0.881. The van der Waals surface area contributed by atoms with Gasteiger partial charge in [-0.15, -0.1) is 0 Å². The second-order valence-electron chi connectivity index (χ2n) is 17.9. The predicted molar refractivity (Wildman–Crippen MR) is 285 cm³/mol. The van der Waals surface area contributed by atoms with E-state index in [1.165, 1.54) is 43.7 Å². The van der Waals surface area contributed by atoms with E-state index in [0.29, 0.717) is 17.5 Å². The van der Waals surface area contributed by atoms with Crippen molar-refractivity contribution in [3.05, 3.63) is 224 Å². The van der Waals surface area contributed by atoms with E-state index in [4.69, 9.17) is 23.8 Å². The fourth-order valence-corrected chi connectivity index (χ4v) is 10.8. The Morgan fingerprint density at radius 2 is 0.800 bits per heavy atom. The standard InChI is InChI=1S/C63H37N5O2/c1-3-14-38(15-4-1)61-64-62(41-26-30-47-46-20-9-12-24-56(46)70-59(47)36-41)66-63(65-61)48-21-13-25-58-60(48)51-37-43(29-33-57(51)69-58)68-53-23-11-8-19-45(53)50-35-40(28-32-55(50)68)39-27-31-54-49(34-39)44-18-7-10-22-52(44)67(54)42-16-5-2-6-17-42/h1-37H. The maximum Gasteiger partial charge on any atom is 0.164 e. The van der Waals surface area contributed by atoms with Gasteiger partial charge in [0.15, 0.2) is 17.5 Å². The van der Waals surface area contributed by atoms with Crippen molar-refractivity contribution in [2.75, 3.05) is 0 Å². The van der Waals surface area contributed by atoms with Gasteiger partial charge in [-0.2, -0.15) is 0 Å². The van der Waals surface area contributed by atoms with Gasteiger partial charge < -0.3 is 18.0 Å². The van der Waals surface area contributed by atoms with E-state index in [9.17, 15) is 0 Å². The van der Waals surface area contributed by atoms with Crippen LogP contribution in [0.25, 0.3) is 144 Å². The lowest BCUT2D eigenvalue weighted by atomic mass is 10.0.